The molecule has 0 fully saturated rings. The van der Waals surface area contributed by atoms with E-state index < -0.39 is 0 Å². The predicted octanol–water partition coefficient (Wildman–Crippen LogP) is 3.26. The average molecular weight is 336 g/mol. The number of aromatic nitrogens is 1. The molecular weight excluding hydrogens is 316 g/mol. The number of nitrogens with zero attached hydrogens (tertiary/aromatic N) is 2. The predicted molar refractivity (Wildman–Crippen MR) is 96.1 cm³/mol. The fourth-order valence-corrected chi connectivity index (χ4v) is 3.40. The highest BCUT2D eigenvalue weighted by Crippen LogP contribution is 2.16. The molecule has 2 amide bonds. The third-order valence-corrected chi connectivity index (χ3v) is 4.89. The third-order valence-electron chi connectivity index (χ3n) is 2.82. The quantitative estimate of drug-likeness (QED) is 0.762. The number of rotatable bonds is 7. The van der Waals surface area contributed by atoms with Crippen molar-refractivity contribution in [3.05, 3.63) is 40.7 Å². The van der Waals surface area contributed by atoms with Crippen molar-refractivity contribution in [3.63, 3.8) is 0 Å². The van der Waals surface area contributed by atoms with E-state index >= 15 is 0 Å². The summed E-state index contributed by atoms with van der Waals surface area (Å²) in [6.45, 7) is 0.644. The summed E-state index contributed by atoms with van der Waals surface area (Å²) in [7, 11) is 3.85. The lowest BCUT2D eigenvalue weighted by Crippen LogP contribution is -2.30. The molecule has 7 heteroatoms. The second-order valence-corrected chi connectivity index (χ2v) is 6.95. The second kappa shape index (κ2) is 8.65. The molecule has 0 radical (unpaired) electrons. The van der Waals surface area contributed by atoms with Gasteiger partial charge in [-0.1, -0.05) is 6.07 Å². The van der Waals surface area contributed by atoms with Crippen LogP contribution in [0.3, 0.4) is 0 Å². The van der Waals surface area contributed by atoms with E-state index in [1.807, 2.05) is 42.9 Å². The Kier molecular flexibility index (Phi) is 6.54. The van der Waals surface area contributed by atoms with E-state index in [-0.39, 0.29) is 6.03 Å². The topological polar surface area (TPSA) is 57.3 Å². The Morgan fingerprint density at radius 2 is 2.23 bits per heavy atom. The number of hydrogen-bond acceptors (Lipinski definition) is 5. The first-order valence-corrected chi connectivity index (χ1v) is 8.97. The van der Waals surface area contributed by atoms with Crippen LogP contribution in [0.1, 0.15) is 4.88 Å². The van der Waals surface area contributed by atoms with Gasteiger partial charge >= 0.3 is 6.03 Å². The van der Waals surface area contributed by atoms with E-state index in [1.165, 1.54) is 4.88 Å². The van der Waals surface area contributed by atoms with Crippen LogP contribution in [0.15, 0.2) is 35.8 Å². The van der Waals surface area contributed by atoms with E-state index in [0.717, 1.165) is 17.3 Å². The first-order valence-electron chi connectivity index (χ1n) is 6.93. The van der Waals surface area contributed by atoms with Crippen LogP contribution in [-0.2, 0) is 5.75 Å². The van der Waals surface area contributed by atoms with Gasteiger partial charge in [-0.25, -0.2) is 9.78 Å². The van der Waals surface area contributed by atoms with Crippen LogP contribution >= 0.6 is 23.1 Å². The van der Waals surface area contributed by atoms with Crippen LogP contribution < -0.4 is 15.5 Å². The van der Waals surface area contributed by atoms with Crippen molar-refractivity contribution in [2.24, 2.45) is 0 Å². The molecule has 0 unspecified atom stereocenters. The number of thiophene rings is 1. The molecule has 22 heavy (non-hydrogen) atoms. The Hall–Kier alpha value is -1.73. The number of pyridine rings is 1. The number of thioether (sulfide) groups is 1. The molecule has 2 heterocycles. The van der Waals surface area contributed by atoms with Crippen LogP contribution in [-0.4, -0.2) is 37.4 Å². The number of carbonyl (C=O) groups excluding carboxylic acids is 1. The maximum atomic E-state index is 11.8. The van der Waals surface area contributed by atoms with Crippen molar-refractivity contribution in [3.8, 4) is 0 Å². The summed E-state index contributed by atoms with van der Waals surface area (Å²) >= 11 is 3.58. The molecule has 2 aromatic heterocycles. The molecule has 0 aliphatic rings. The molecule has 0 spiro atoms. The maximum absolute atomic E-state index is 11.8. The van der Waals surface area contributed by atoms with Crippen LogP contribution in [0.5, 0.6) is 0 Å². The highest BCUT2D eigenvalue weighted by Gasteiger charge is 2.03. The number of carbonyl (C=O) groups is 1. The molecule has 0 aliphatic heterocycles. The molecule has 0 aliphatic carbocycles. The molecule has 0 bridgehead atoms. The smallest absolute Gasteiger partial charge is 0.319 e. The zero-order valence-electron chi connectivity index (χ0n) is 12.7. The SMILES string of the molecule is CN(C)c1ccc(NC(=O)NCCSCc2cccs2)cn1. The molecule has 5 nitrogen and oxygen atoms in total. The van der Waals surface area contributed by atoms with Crippen molar-refractivity contribution < 1.29 is 4.79 Å². The van der Waals surface area contributed by atoms with Gasteiger partial charge in [0.25, 0.3) is 0 Å². The summed E-state index contributed by atoms with van der Waals surface area (Å²) in [5.41, 5.74) is 0.689. The standard InChI is InChI=1S/C15H20N4OS2/c1-19(2)14-6-5-12(10-17-14)18-15(20)16-7-9-21-11-13-4-3-8-22-13/h3-6,8,10H,7,9,11H2,1-2H3,(H2,16,18,20). The summed E-state index contributed by atoms with van der Waals surface area (Å²) < 4.78 is 0. The highest BCUT2D eigenvalue weighted by molar-refractivity contribution is 7.98. The number of urea groups is 1. The van der Waals surface area contributed by atoms with Gasteiger partial charge in [0.2, 0.25) is 0 Å². The Bertz CT molecular complexity index is 570. The number of amides is 2. The fraction of sp³-hybridized carbons (Fsp3) is 0.333. The van der Waals surface area contributed by atoms with Gasteiger partial charge in [0.1, 0.15) is 5.82 Å². The fourth-order valence-electron chi connectivity index (χ4n) is 1.70. The zero-order chi connectivity index (χ0) is 15.8. The van der Waals surface area contributed by atoms with Crippen molar-refractivity contribution in [2.75, 3.05) is 36.6 Å². The van der Waals surface area contributed by atoms with E-state index in [1.54, 1.807) is 17.5 Å². The van der Waals surface area contributed by atoms with Crippen LogP contribution in [0.4, 0.5) is 16.3 Å². The summed E-state index contributed by atoms with van der Waals surface area (Å²) in [6.07, 6.45) is 1.65. The van der Waals surface area contributed by atoms with Crippen molar-refractivity contribution in [1.82, 2.24) is 10.3 Å². The van der Waals surface area contributed by atoms with Crippen LogP contribution in [0.2, 0.25) is 0 Å². The Balaban J connectivity index is 1.63. The molecular formula is C15H20N4OS2. The normalized spacial score (nSPS) is 10.3. The Morgan fingerprint density at radius 3 is 2.86 bits per heavy atom. The van der Waals surface area contributed by atoms with Gasteiger partial charge in [0.05, 0.1) is 11.9 Å². The monoisotopic (exact) mass is 336 g/mol. The Labute approximate surface area is 139 Å². The molecule has 0 aromatic carbocycles. The first-order chi connectivity index (χ1) is 10.6. The van der Waals surface area contributed by atoms with Gasteiger partial charge in [-0.05, 0) is 23.6 Å². The third kappa shape index (κ3) is 5.57. The molecule has 2 N–H and O–H groups in total. The maximum Gasteiger partial charge on any atom is 0.319 e. The first kappa shape index (κ1) is 16.6. The molecule has 2 rings (SSSR count). The Morgan fingerprint density at radius 1 is 1.36 bits per heavy atom. The lowest BCUT2D eigenvalue weighted by atomic mass is 10.4. The van der Waals surface area contributed by atoms with Crippen LogP contribution in [0.25, 0.3) is 0 Å². The molecule has 0 atom stereocenters. The molecule has 118 valence electrons. The summed E-state index contributed by atoms with van der Waals surface area (Å²) in [5.74, 6) is 2.75. The van der Waals surface area contributed by atoms with E-state index in [2.05, 4.69) is 33.1 Å². The summed E-state index contributed by atoms with van der Waals surface area (Å²) in [5, 5.41) is 7.70. The number of nitrogens with one attached hydrogen (secondary N) is 2. The van der Waals surface area contributed by atoms with Gasteiger partial charge in [-0.3, -0.25) is 0 Å². The zero-order valence-corrected chi connectivity index (χ0v) is 14.3. The minimum Gasteiger partial charge on any atom is -0.363 e. The van der Waals surface area contributed by atoms with Gasteiger partial charge in [0.15, 0.2) is 0 Å². The molecule has 0 saturated carbocycles. The average Bonchev–Trinajstić information content (AvgIpc) is 3.00. The van der Waals surface area contributed by atoms with Gasteiger partial charge < -0.3 is 15.5 Å². The largest absolute Gasteiger partial charge is 0.363 e. The van der Waals surface area contributed by atoms with Crippen LogP contribution in [0, 0.1) is 0 Å². The summed E-state index contributed by atoms with van der Waals surface area (Å²) in [4.78, 5) is 19.3. The molecule has 2 aromatic rings. The van der Waals surface area contributed by atoms with Gasteiger partial charge in [0, 0.05) is 37.0 Å². The van der Waals surface area contributed by atoms with Crippen molar-refractivity contribution in [2.45, 2.75) is 5.75 Å². The second-order valence-electron chi connectivity index (χ2n) is 4.81. The van der Waals surface area contributed by atoms with E-state index in [0.29, 0.717) is 12.2 Å². The van der Waals surface area contributed by atoms with Gasteiger partial charge in [-0.15, -0.1) is 11.3 Å². The van der Waals surface area contributed by atoms with E-state index in [9.17, 15) is 4.79 Å². The minimum atomic E-state index is -0.198. The lowest BCUT2D eigenvalue weighted by Gasteiger charge is -2.12. The minimum absolute atomic E-state index is 0.198. The number of hydrogen-bond donors (Lipinski definition) is 2. The summed E-state index contributed by atoms with van der Waals surface area (Å²) in [6, 6.07) is 7.69. The van der Waals surface area contributed by atoms with Gasteiger partial charge in [-0.2, -0.15) is 11.8 Å². The number of anilines is 2. The van der Waals surface area contributed by atoms with Crippen molar-refractivity contribution in [1.29, 1.82) is 0 Å². The lowest BCUT2D eigenvalue weighted by molar-refractivity contribution is 0.252. The van der Waals surface area contributed by atoms with E-state index in [4.69, 9.17) is 0 Å². The molecule has 0 saturated heterocycles. The highest BCUT2D eigenvalue weighted by atomic mass is 32.2. The van der Waals surface area contributed by atoms with Crippen molar-refractivity contribution >= 4 is 40.6 Å².